The summed E-state index contributed by atoms with van der Waals surface area (Å²) in [6.45, 7) is 6.05. The average Bonchev–Trinajstić information content (AvgIpc) is 3.20. The lowest BCUT2D eigenvalue weighted by Gasteiger charge is -2.06. The third-order valence-electron chi connectivity index (χ3n) is 4.38. The molecule has 2 heterocycles. The molecule has 4 nitrogen and oxygen atoms in total. The molecular formula is C20H23F2N3OS. The molecule has 144 valence electrons. The summed E-state index contributed by atoms with van der Waals surface area (Å²) in [5, 5.41) is 8.01. The molecule has 0 bridgehead atoms. The molecule has 0 amide bonds. The first-order chi connectivity index (χ1) is 13.0. The van der Waals surface area contributed by atoms with Gasteiger partial charge in [0.25, 0.3) is 5.76 Å². The zero-order valence-corrected chi connectivity index (χ0v) is 16.2. The number of furan rings is 1. The molecule has 0 saturated carbocycles. The zero-order chi connectivity index (χ0) is 19.2. The molecule has 0 fully saturated rings. The largest absolute Gasteiger partial charge is 0.464 e. The summed E-state index contributed by atoms with van der Waals surface area (Å²) in [6.07, 6.45) is 0. The minimum absolute atomic E-state index is 0.183. The molecule has 0 aliphatic rings. The number of nitrogens with zero attached hydrogens (tertiary/aromatic N) is 2. The Morgan fingerprint density at radius 2 is 1.81 bits per heavy atom. The van der Waals surface area contributed by atoms with Gasteiger partial charge in [-0.2, -0.15) is 13.9 Å². The summed E-state index contributed by atoms with van der Waals surface area (Å²) < 4.78 is 32.1. The number of aromatic nitrogens is 2. The van der Waals surface area contributed by atoms with Gasteiger partial charge in [0.05, 0.1) is 24.5 Å². The Labute approximate surface area is 162 Å². The van der Waals surface area contributed by atoms with Crippen LogP contribution in [0.15, 0.2) is 46.9 Å². The molecule has 0 unspecified atom stereocenters. The van der Waals surface area contributed by atoms with Crippen LogP contribution >= 0.6 is 11.8 Å². The van der Waals surface area contributed by atoms with Crippen molar-refractivity contribution in [1.29, 1.82) is 0 Å². The van der Waals surface area contributed by atoms with E-state index in [0.717, 1.165) is 23.7 Å². The molecule has 1 N–H and O–H groups in total. The zero-order valence-electron chi connectivity index (χ0n) is 15.4. The van der Waals surface area contributed by atoms with Gasteiger partial charge in [0.1, 0.15) is 11.5 Å². The van der Waals surface area contributed by atoms with E-state index in [2.05, 4.69) is 29.5 Å². The molecule has 2 aromatic heterocycles. The number of alkyl halides is 2. The maximum Gasteiger partial charge on any atom is 0.284 e. The van der Waals surface area contributed by atoms with Gasteiger partial charge in [-0.15, -0.1) is 0 Å². The molecule has 3 aromatic rings. The van der Waals surface area contributed by atoms with Gasteiger partial charge in [0.15, 0.2) is 0 Å². The first-order valence-electron chi connectivity index (χ1n) is 8.78. The van der Waals surface area contributed by atoms with E-state index in [-0.39, 0.29) is 5.75 Å². The molecule has 0 saturated heterocycles. The highest BCUT2D eigenvalue weighted by Crippen LogP contribution is 2.21. The summed E-state index contributed by atoms with van der Waals surface area (Å²) >= 11 is 0.567. The number of hydrogen-bond acceptors (Lipinski definition) is 4. The van der Waals surface area contributed by atoms with Crippen LogP contribution in [0.4, 0.5) is 8.78 Å². The number of halogens is 2. The van der Waals surface area contributed by atoms with Crippen molar-refractivity contribution in [3.8, 4) is 0 Å². The maximum absolute atomic E-state index is 12.2. The number of thioether (sulfide) groups is 1. The minimum atomic E-state index is -2.38. The second kappa shape index (κ2) is 9.19. The van der Waals surface area contributed by atoms with Crippen LogP contribution in [0.1, 0.15) is 34.0 Å². The Morgan fingerprint density at radius 1 is 1.07 bits per heavy atom. The molecule has 1 aromatic carbocycles. The van der Waals surface area contributed by atoms with Crippen molar-refractivity contribution in [2.75, 3.05) is 0 Å². The van der Waals surface area contributed by atoms with E-state index in [1.54, 1.807) is 6.07 Å². The number of benzene rings is 1. The summed E-state index contributed by atoms with van der Waals surface area (Å²) in [6, 6.07) is 13.8. The molecule has 0 aliphatic heterocycles. The van der Waals surface area contributed by atoms with Crippen LogP contribution < -0.4 is 5.32 Å². The smallest absolute Gasteiger partial charge is 0.284 e. The van der Waals surface area contributed by atoms with Gasteiger partial charge in [-0.05, 0) is 31.5 Å². The summed E-state index contributed by atoms with van der Waals surface area (Å²) in [7, 11) is 0. The normalized spacial score (nSPS) is 11.4. The summed E-state index contributed by atoms with van der Waals surface area (Å²) in [4.78, 5) is 0. The van der Waals surface area contributed by atoms with Crippen LogP contribution in [0, 0.1) is 13.8 Å². The van der Waals surface area contributed by atoms with Crippen molar-refractivity contribution in [2.24, 2.45) is 0 Å². The van der Waals surface area contributed by atoms with Crippen molar-refractivity contribution < 1.29 is 13.2 Å². The Morgan fingerprint density at radius 3 is 2.56 bits per heavy atom. The van der Waals surface area contributed by atoms with E-state index in [1.165, 1.54) is 11.1 Å². The first kappa shape index (κ1) is 19.6. The van der Waals surface area contributed by atoms with Gasteiger partial charge >= 0.3 is 0 Å². The molecular weight excluding hydrogens is 368 g/mol. The van der Waals surface area contributed by atoms with Crippen LogP contribution in [0.2, 0.25) is 0 Å². The Hall–Kier alpha value is -2.12. The van der Waals surface area contributed by atoms with Crippen molar-refractivity contribution in [3.63, 3.8) is 0 Å². The predicted octanol–water partition coefficient (Wildman–Crippen LogP) is 4.89. The van der Waals surface area contributed by atoms with Gasteiger partial charge in [0.2, 0.25) is 0 Å². The van der Waals surface area contributed by atoms with E-state index >= 15 is 0 Å². The second-order valence-corrected chi connectivity index (χ2v) is 7.31. The Balaban J connectivity index is 1.55. The number of hydrogen-bond donors (Lipinski definition) is 1. The fourth-order valence-corrected chi connectivity index (χ4v) is 3.40. The van der Waals surface area contributed by atoms with Crippen LogP contribution in [0.3, 0.4) is 0 Å². The summed E-state index contributed by atoms with van der Waals surface area (Å²) in [5.41, 5.74) is 4.53. The molecule has 3 rings (SSSR count). The van der Waals surface area contributed by atoms with Crippen molar-refractivity contribution in [3.05, 3.63) is 76.5 Å². The number of nitrogens with one attached hydrogen (secondary N) is 1. The SMILES string of the molecule is Cc1nn(Cc2ccccc2)c(C)c1CNCc1ccc(CSC(F)F)o1. The highest BCUT2D eigenvalue weighted by molar-refractivity contribution is 7.98. The van der Waals surface area contributed by atoms with Gasteiger partial charge in [-0.1, -0.05) is 42.1 Å². The lowest BCUT2D eigenvalue weighted by Crippen LogP contribution is -2.13. The topological polar surface area (TPSA) is 43.0 Å². The second-order valence-electron chi connectivity index (χ2n) is 6.34. The molecule has 7 heteroatoms. The fraction of sp³-hybridized carbons (Fsp3) is 0.350. The van der Waals surface area contributed by atoms with E-state index in [1.807, 2.05) is 35.9 Å². The number of aryl methyl sites for hydroxylation is 1. The number of rotatable bonds is 9. The van der Waals surface area contributed by atoms with E-state index in [0.29, 0.717) is 30.6 Å². The molecule has 0 aliphatic carbocycles. The van der Waals surface area contributed by atoms with Gasteiger partial charge in [-0.3, -0.25) is 4.68 Å². The van der Waals surface area contributed by atoms with Crippen LogP contribution in [0.25, 0.3) is 0 Å². The van der Waals surface area contributed by atoms with Gasteiger partial charge in [-0.25, -0.2) is 0 Å². The average molecular weight is 391 g/mol. The Kier molecular flexibility index (Phi) is 6.68. The first-order valence-corrected chi connectivity index (χ1v) is 9.82. The van der Waals surface area contributed by atoms with Crippen LogP contribution in [0.5, 0.6) is 0 Å². The predicted molar refractivity (Wildman–Crippen MR) is 104 cm³/mol. The van der Waals surface area contributed by atoms with Crippen molar-refractivity contribution in [2.45, 2.75) is 45.0 Å². The van der Waals surface area contributed by atoms with E-state index < -0.39 is 5.76 Å². The highest BCUT2D eigenvalue weighted by atomic mass is 32.2. The minimum Gasteiger partial charge on any atom is -0.464 e. The third kappa shape index (κ3) is 5.43. The van der Waals surface area contributed by atoms with E-state index in [4.69, 9.17) is 4.42 Å². The van der Waals surface area contributed by atoms with Crippen LogP contribution in [-0.4, -0.2) is 15.5 Å². The Bertz CT molecular complexity index is 861. The van der Waals surface area contributed by atoms with E-state index in [9.17, 15) is 8.78 Å². The standard InChI is InChI=1S/C20H23F2N3OS/c1-14-19(15(2)25(24-14)12-16-6-4-3-5-7-16)11-23-10-17-8-9-18(26-17)13-27-20(21)22/h3-9,20,23H,10-13H2,1-2H3. The lowest BCUT2D eigenvalue weighted by molar-refractivity contribution is 0.251. The highest BCUT2D eigenvalue weighted by Gasteiger charge is 2.12. The quantitative estimate of drug-likeness (QED) is 0.564. The van der Waals surface area contributed by atoms with Gasteiger partial charge < -0.3 is 9.73 Å². The molecule has 27 heavy (non-hydrogen) atoms. The molecule has 0 atom stereocenters. The van der Waals surface area contributed by atoms with Crippen molar-refractivity contribution >= 4 is 11.8 Å². The maximum atomic E-state index is 12.2. The molecule has 0 spiro atoms. The third-order valence-corrected chi connectivity index (χ3v) is 5.08. The van der Waals surface area contributed by atoms with Gasteiger partial charge in [0, 0.05) is 17.8 Å². The molecule has 0 radical (unpaired) electrons. The monoisotopic (exact) mass is 391 g/mol. The fourth-order valence-electron chi connectivity index (χ4n) is 2.95. The lowest BCUT2D eigenvalue weighted by atomic mass is 10.2. The summed E-state index contributed by atoms with van der Waals surface area (Å²) in [5.74, 6) is -0.885. The van der Waals surface area contributed by atoms with Crippen LogP contribution in [-0.2, 0) is 25.4 Å². The van der Waals surface area contributed by atoms with Crippen molar-refractivity contribution in [1.82, 2.24) is 15.1 Å².